The molecule has 1 saturated carbocycles. The quantitative estimate of drug-likeness (QED) is 0.455. The predicted molar refractivity (Wildman–Crippen MR) is 132 cm³/mol. The number of hydrogen-bond donors (Lipinski definition) is 3. The number of nitrogens with one attached hydrogen (secondary N) is 2. The van der Waals surface area contributed by atoms with E-state index >= 15 is 0 Å². The maximum absolute atomic E-state index is 14.5. The number of imidazole rings is 1. The molecule has 186 valence electrons. The van der Waals surface area contributed by atoms with Crippen LogP contribution in [0.2, 0.25) is 5.02 Å². The lowest BCUT2D eigenvalue weighted by Crippen LogP contribution is -2.29. The molecule has 2 fully saturated rings. The third kappa shape index (κ3) is 4.90. The van der Waals surface area contributed by atoms with Crippen molar-refractivity contribution in [1.82, 2.24) is 19.5 Å². The van der Waals surface area contributed by atoms with Crippen molar-refractivity contribution in [3.63, 3.8) is 0 Å². The van der Waals surface area contributed by atoms with Crippen molar-refractivity contribution in [3.05, 3.63) is 34.7 Å². The Morgan fingerprint density at radius 1 is 1.17 bits per heavy atom. The lowest BCUT2D eigenvalue weighted by Gasteiger charge is -2.29. The van der Waals surface area contributed by atoms with Crippen LogP contribution in [-0.2, 0) is 9.53 Å². The summed E-state index contributed by atoms with van der Waals surface area (Å²) in [6.45, 7) is 3.09. The van der Waals surface area contributed by atoms with Gasteiger partial charge in [-0.1, -0.05) is 17.7 Å². The van der Waals surface area contributed by atoms with E-state index in [-0.39, 0.29) is 28.9 Å². The molecule has 1 aliphatic carbocycles. The van der Waals surface area contributed by atoms with Gasteiger partial charge in [0.15, 0.2) is 5.65 Å². The Kier molecular flexibility index (Phi) is 6.75. The van der Waals surface area contributed by atoms with E-state index in [1.165, 1.54) is 0 Å². The second kappa shape index (κ2) is 9.94. The number of nitrogens with zero attached hydrogens (tertiary/aromatic N) is 4. The normalized spacial score (nSPS) is 21.2. The molecule has 3 heterocycles. The number of aromatic nitrogens is 4. The molecule has 2 aliphatic rings. The molecule has 35 heavy (non-hydrogen) atoms. The van der Waals surface area contributed by atoms with Gasteiger partial charge in [-0.2, -0.15) is 4.98 Å². The number of primary amides is 1. The number of benzene rings is 1. The summed E-state index contributed by atoms with van der Waals surface area (Å²) < 4.78 is 21.9. The first-order valence-corrected chi connectivity index (χ1v) is 12.4. The number of halogens is 2. The number of ether oxygens (including phenoxy) is 1. The van der Waals surface area contributed by atoms with Gasteiger partial charge in [-0.3, -0.25) is 9.36 Å². The number of hydrogen-bond acceptors (Lipinski definition) is 7. The molecule has 1 saturated heterocycles. The minimum Gasteiger partial charge on any atom is -0.381 e. The summed E-state index contributed by atoms with van der Waals surface area (Å²) in [4.78, 5) is 25.7. The van der Waals surface area contributed by atoms with Crippen molar-refractivity contribution < 1.29 is 13.9 Å². The highest BCUT2D eigenvalue weighted by molar-refractivity contribution is 6.33. The van der Waals surface area contributed by atoms with Gasteiger partial charge in [0.05, 0.1) is 11.9 Å². The van der Waals surface area contributed by atoms with Crippen molar-refractivity contribution in [2.45, 2.75) is 57.5 Å². The average Bonchev–Trinajstić information content (AvgIpc) is 3.22. The fourth-order valence-electron chi connectivity index (χ4n) is 4.90. The molecule has 11 heteroatoms. The number of anilines is 3. The Labute approximate surface area is 207 Å². The zero-order valence-corrected chi connectivity index (χ0v) is 20.3. The van der Waals surface area contributed by atoms with E-state index in [1.54, 1.807) is 25.3 Å². The Morgan fingerprint density at radius 2 is 1.91 bits per heavy atom. The topological polar surface area (TPSA) is 120 Å². The van der Waals surface area contributed by atoms with Crippen LogP contribution in [0.5, 0.6) is 0 Å². The molecule has 0 atom stereocenters. The minimum absolute atomic E-state index is 0.00833. The smallest absolute Gasteiger partial charge is 0.224 e. The minimum atomic E-state index is -0.468. The fraction of sp³-hybridized carbons (Fsp3) is 0.500. The first-order valence-electron chi connectivity index (χ1n) is 12.0. The molecular weight excluding hydrogens is 473 g/mol. The van der Waals surface area contributed by atoms with Gasteiger partial charge >= 0.3 is 0 Å². The van der Waals surface area contributed by atoms with Crippen LogP contribution in [-0.4, -0.2) is 44.7 Å². The Bertz CT molecular complexity index is 1240. The Morgan fingerprint density at radius 3 is 2.63 bits per heavy atom. The van der Waals surface area contributed by atoms with Crippen LogP contribution in [0.25, 0.3) is 11.2 Å². The lowest BCUT2D eigenvalue weighted by atomic mass is 9.85. The zero-order chi connectivity index (χ0) is 24.5. The standard InChI is InChI=1S/C24H29ClFN7O2/c1-13-2-7-17(19(25)20(13)26)30-24-31-18-12-28-23(29-15-8-10-35-11-9-15)32-22(18)33(24)16-5-3-14(4-6-16)21(27)34/h2,7,12,14-16H,3-6,8-11H2,1H3,(H2,27,34)(H,30,31)(H,28,29,32). The monoisotopic (exact) mass is 501 g/mol. The van der Waals surface area contributed by atoms with E-state index in [1.807, 2.05) is 4.57 Å². The highest BCUT2D eigenvalue weighted by Crippen LogP contribution is 2.38. The van der Waals surface area contributed by atoms with Crippen LogP contribution < -0.4 is 16.4 Å². The van der Waals surface area contributed by atoms with Crippen LogP contribution in [0.15, 0.2) is 18.3 Å². The fourth-order valence-corrected chi connectivity index (χ4v) is 5.16. The van der Waals surface area contributed by atoms with Gasteiger partial charge in [0.2, 0.25) is 17.8 Å². The van der Waals surface area contributed by atoms with Gasteiger partial charge < -0.3 is 21.1 Å². The van der Waals surface area contributed by atoms with Gasteiger partial charge in [0.1, 0.15) is 16.4 Å². The molecule has 0 radical (unpaired) electrons. The first kappa shape index (κ1) is 23.7. The number of aryl methyl sites for hydroxylation is 1. The van der Waals surface area contributed by atoms with Gasteiger partial charge in [-0.25, -0.2) is 14.4 Å². The van der Waals surface area contributed by atoms with E-state index in [9.17, 15) is 9.18 Å². The molecule has 4 N–H and O–H groups in total. The summed E-state index contributed by atoms with van der Waals surface area (Å²) >= 11 is 6.30. The predicted octanol–water partition coefficient (Wildman–Crippen LogP) is 4.48. The van der Waals surface area contributed by atoms with Crippen molar-refractivity contribution in [2.24, 2.45) is 11.7 Å². The summed E-state index contributed by atoms with van der Waals surface area (Å²) in [6.07, 6.45) is 6.35. The summed E-state index contributed by atoms with van der Waals surface area (Å²) in [5, 5.41) is 6.63. The molecule has 0 bridgehead atoms. The second-order valence-electron chi connectivity index (χ2n) is 9.33. The van der Waals surface area contributed by atoms with Crippen molar-refractivity contribution >= 4 is 46.3 Å². The Hall–Kier alpha value is -2.98. The van der Waals surface area contributed by atoms with E-state index in [0.29, 0.717) is 60.4 Å². The van der Waals surface area contributed by atoms with Crippen molar-refractivity contribution in [1.29, 1.82) is 0 Å². The maximum Gasteiger partial charge on any atom is 0.224 e. The molecule has 0 unspecified atom stereocenters. The highest BCUT2D eigenvalue weighted by Gasteiger charge is 2.29. The van der Waals surface area contributed by atoms with Gasteiger partial charge in [0.25, 0.3) is 0 Å². The van der Waals surface area contributed by atoms with E-state index < -0.39 is 5.82 Å². The molecule has 5 rings (SSSR count). The van der Waals surface area contributed by atoms with Crippen LogP contribution in [0.4, 0.5) is 22.0 Å². The summed E-state index contributed by atoms with van der Waals surface area (Å²) in [5.41, 5.74) is 7.72. The van der Waals surface area contributed by atoms with Crippen LogP contribution in [0.3, 0.4) is 0 Å². The maximum atomic E-state index is 14.5. The van der Waals surface area contributed by atoms with Gasteiger partial charge in [0, 0.05) is 31.2 Å². The van der Waals surface area contributed by atoms with Crippen LogP contribution in [0.1, 0.15) is 50.1 Å². The first-order chi connectivity index (χ1) is 16.9. The molecular formula is C24H29ClFN7O2. The average molecular weight is 502 g/mol. The molecule has 3 aromatic rings. The molecule has 1 aromatic carbocycles. The molecule has 1 amide bonds. The largest absolute Gasteiger partial charge is 0.381 e. The lowest BCUT2D eigenvalue weighted by molar-refractivity contribution is -0.122. The number of amides is 1. The molecule has 2 aromatic heterocycles. The third-order valence-electron chi connectivity index (χ3n) is 6.97. The number of carbonyl (C=O) groups excluding carboxylic acids is 1. The van der Waals surface area contributed by atoms with E-state index in [2.05, 4.69) is 15.6 Å². The molecule has 9 nitrogen and oxygen atoms in total. The molecule has 1 aliphatic heterocycles. The summed E-state index contributed by atoms with van der Waals surface area (Å²) in [5.74, 6) is 0.180. The third-order valence-corrected chi connectivity index (χ3v) is 7.34. The van der Waals surface area contributed by atoms with Crippen LogP contribution in [0, 0.1) is 18.7 Å². The van der Waals surface area contributed by atoms with E-state index in [0.717, 1.165) is 25.7 Å². The summed E-state index contributed by atoms with van der Waals surface area (Å²) in [7, 11) is 0. The summed E-state index contributed by atoms with van der Waals surface area (Å²) in [6, 6.07) is 3.69. The van der Waals surface area contributed by atoms with Crippen molar-refractivity contribution in [2.75, 3.05) is 23.8 Å². The second-order valence-corrected chi connectivity index (χ2v) is 9.71. The van der Waals surface area contributed by atoms with Gasteiger partial charge in [-0.15, -0.1) is 0 Å². The number of fused-ring (bicyclic) bond motifs is 1. The van der Waals surface area contributed by atoms with E-state index in [4.69, 9.17) is 32.0 Å². The Balaban J connectivity index is 1.51. The number of carbonyl (C=O) groups is 1. The van der Waals surface area contributed by atoms with Crippen LogP contribution >= 0.6 is 11.6 Å². The van der Waals surface area contributed by atoms with Crippen molar-refractivity contribution in [3.8, 4) is 0 Å². The zero-order valence-electron chi connectivity index (χ0n) is 19.6. The number of rotatable bonds is 6. The number of nitrogens with two attached hydrogens (primary N) is 1. The molecule has 0 spiro atoms. The highest BCUT2D eigenvalue weighted by atomic mass is 35.5. The SMILES string of the molecule is Cc1ccc(Nc2nc3cnc(NC4CCOCC4)nc3n2C2CCC(C(N)=O)CC2)c(Cl)c1F. The van der Waals surface area contributed by atoms with Gasteiger partial charge in [-0.05, 0) is 57.1 Å².